The van der Waals surface area contributed by atoms with Crippen molar-refractivity contribution >= 4 is 5.69 Å². The number of epoxide rings is 1. The molecular formula is C8H9NO2. The number of hydrogen-bond donors (Lipinski definition) is 2. The van der Waals surface area contributed by atoms with E-state index in [1.54, 1.807) is 12.1 Å². The molecule has 1 aliphatic rings. The Bertz CT molecular complexity index is 257. The zero-order valence-electron chi connectivity index (χ0n) is 5.90. The second-order valence-electron chi connectivity index (χ2n) is 2.61. The molecule has 0 amide bonds. The lowest BCUT2D eigenvalue weighted by molar-refractivity contribution is 0.156. The minimum Gasteiger partial charge on any atom is -0.399 e. The molecule has 3 nitrogen and oxygen atoms in total. The molecule has 11 heavy (non-hydrogen) atoms. The first-order valence-corrected chi connectivity index (χ1v) is 3.46. The third-order valence-electron chi connectivity index (χ3n) is 1.73. The van der Waals surface area contributed by atoms with Gasteiger partial charge in [0.15, 0.2) is 6.29 Å². The van der Waals surface area contributed by atoms with Crippen LogP contribution in [0.3, 0.4) is 0 Å². The number of aliphatic hydroxyl groups is 1. The van der Waals surface area contributed by atoms with Crippen LogP contribution in [-0.4, -0.2) is 11.4 Å². The maximum Gasteiger partial charge on any atom is 0.186 e. The highest BCUT2D eigenvalue weighted by Crippen LogP contribution is 2.36. The van der Waals surface area contributed by atoms with Crippen molar-refractivity contribution in [3.63, 3.8) is 0 Å². The lowest BCUT2D eigenvalue weighted by atomic mass is 10.1. The third-order valence-corrected chi connectivity index (χ3v) is 1.73. The van der Waals surface area contributed by atoms with Crippen molar-refractivity contribution in [2.24, 2.45) is 0 Å². The van der Waals surface area contributed by atoms with Crippen LogP contribution < -0.4 is 5.73 Å². The fourth-order valence-electron chi connectivity index (χ4n) is 1.03. The van der Waals surface area contributed by atoms with Crippen molar-refractivity contribution in [3.8, 4) is 0 Å². The molecule has 0 bridgehead atoms. The Balaban J connectivity index is 2.21. The largest absolute Gasteiger partial charge is 0.399 e. The molecule has 0 saturated carbocycles. The van der Waals surface area contributed by atoms with Crippen molar-refractivity contribution < 1.29 is 9.84 Å². The average molecular weight is 151 g/mol. The van der Waals surface area contributed by atoms with Gasteiger partial charge in [-0.25, -0.2) is 0 Å². The van der Waals surface area contributed by atoms with Gasteiger partial charge >= 0.3 is 0 Å². The standard InChI is InChI=1S/C8H9NO2/c9-6-3-1-5(2-4-6)7-8(10)11-7/h1-4,7-8,10H,9H2. The molecular weight excluding hydrogens is 142 g/mol. The maximum atomic E-state index is 8.90. The van der Waals surface area contributed by atoms with E-state index in [2.05, 4.69) is 0 Å². The Morgan fingerprint density at radius 2 is 1.82 bits per heavy atom. The fraction of sp³-hybridized carbons (Fsp3) is 0.250. The number of nitrogen functional groups attached to an aromatic ring is 1. The van der Waals surface area contributed by atoms with Crippen LogP contribution in [0, 0.1) is 0 Å². The monoisotopic (exact) mass is 151 g/mol. The predicted molar refractivity (Wildman–Crippen MR) is 40.7 cm³/mol. The van der Waals surface area contributed by atoms with E-state index in [9.17, 15) is 0 Å². The van der Waals surface area contributed by atoms with Crippen molar-refractivity contribution in [1.29, 1.82) is 0 Å². The van der Waals surface area contributed by atoms with Crippen LogP contribution in [0.15, 0.2) is 24.3 Å². The number of nitrogens with two attached hydrogens (primary N) is 1. The first-order chi connectivity index (χ1) is 5.27. The number of benzene rings is 1. The molecule has 0 aliphatic carbocycles. The lowest BCUT2D eigenvalue weighted by Gasteiger charge is -1.94. The SMILES string of the molecule is Nc1ccc(C2OC2O)cc1. The van der Waals surface area contributed by atoms with Gasteiger partial charge in [-0.2, -0.15) is 0 Å². The van der Waals surface area contributed by atoms with E-state index in [4.69, 9.17) is 15.6 Å². The van der Waals surface area contributed by atoms with Crippen LogP contribution in [0.5, 0.6) is 0 Å². The van der Waals surface area contributed by atoms with E-state index in [-0.39, 0.29) is 6.10 Å². The minimum atomic E-state index is -0.612. The van der Waals surface area contributed by atoms with Gasteiger partial charge in [-0.05, 0) is 17.7 Å². The van der Waals surface area contributed by atoms with Crippen LogP contribution in [0.1, 0.15) is 11.7 Å². The van der Waals surface area contributed by atoms with Crippen molar-refractivity contribution in [1.82, 2.24) is 0 Å². The van der Waals surface area contributed by atoms with Crippen LogP contribution in [0.2, 0.25) is 0 Å². The van der Waals surface area contributed by atoms with Crippen molar-refractivity contribution in [3.05, 3.63) is 29.8 Å². The first kappa shape index (κ1) is 6.64. The van der Waals surface area contributed by atoms with Gasteiger partial charge in [0.1, 0.15) is 6.10 Å². The summed E-state index contributed by atoms with van der Waals surface area (Å²) in [7, 11) is 0. The predicted octanol–water partition coefficient (Wildman–Crippen LogP) is 0.659. The first-order valence-electron chi connectivity index (χ1n) is 3.46. The molecule has 2 unspecified atom stereocenters. The Hall–Kier alpha value is -1.06. The van der Waals surface area contributed by atoms with Gasteiger partial charge in [-0.1, -0.05) is 12.1 Å². The van der Waals surface area contributed by atoms with Crippen molar-refractivity contribution in [2.75, 3.05) is 5.73 Å². The van der Waals surface area contributed by atoms with Gasteiger partial charge < -0.3 is 15.6 Å². The Kier molecular flexibility index (Phi) is 1.34. The van der Waals surface area contributed by atoms with Crippen LogP contribution in [0.25, 0.3) is 0 Å². The zero-order valence-corrected chi connectivity index (χ0v) is 5.90. The highest BCUT2D eigenvalue weighted by molar-refractivity contribution is 5.40. The summed E-state index contributed by atoms with van der Waals surface area (Å²) in [6.07, 6.45) is -0.741. The van der Waals surface area contributed by atoms with Gasteiger partial charge in [0.2, 0.25) is 0 Å². The van der Waals surface area contributed by atoms with Gasteiger partial charge in [0.25, 0.3) is 0 Å². The molecule has 0 spiro atoms. The van der Waals surface area contributed by atoms with Gasteiger partial charge in [-0.3, -0.25) is 0 Å². The Morgan fingerprint density at radius 3 is 2.27 bits per heavy atom. The molecule has 3 N–H and O–H groups in total. The second-order valence-corrected chi connectivity index (χ2v) is 2.61. The van der Waals surface area contributed by atoms with Crippen molar-refractivity contribution in [2.45, 2.75) is 12.4 Å². The maximum absolute atomic E-state index is 8.90. The molecule has 1 fully saturated rings. The number of anilines is 1. The molecule has 2 atom stereocenters. The van der Waals surface area contributed by atoms with Gasteiger partial charge in [-0.15, -0.1) is 0 Å². The van der Waals surface area contributed by atoms with E-state index in [0.29, 0.717) is 0 Å². The number of rotatable bonds is 1. The van der Waals surface area contributed by atoms with Crippen LogP contribution >= 0.6 is 0 Å². The molecule has 1 aromatic rings. The molecule has 1 aliphatic heterocycles. The van der Waals surface area contributed by atoms with E-state index in [1.165, 1.54) is 0 Å². The summed E-state index contributed by atoms with van der Waals surface area (Å²) in [6, 6.07) is 7.31. The lowest BCUT2D eigenvalue weighted by Crippen LogP contribution is -1.87. The van der Waals surface area contributed by atoms with Crippen LogP contribution in [-0.2, 0) is 4.74 Å². The van der Waals surface area contributed by atoms with E-state index in [1.807, 2.05) is 12.1 Å². The Morgan fingerprint density at radius 1 is 1.27 bits per heavy atom. The summed E-state index contributed by atoms with van der Waals surface area (Å²) in [4.78, 5) is 0. The summed E-state index contributed by atoms with van der Waals surface area (Å²) in [5, 5.41) is 8.90. The average Bonchev–Trinajstić information content (AvgIpc) is 2.69. The molecule has 0 radical (unpaired) electrons. The molecule has 0 aromatic heterocycles. The normalized spacial score (nSPS) is 28.5. The number of hydrogen-bond acceptors (Lipinski definition) is 3. The van der Waals surface area contributed by atoms with Gasteiger partial charge in [0.05, 0.1) is 0 Å². The molecule has 3 heteroatoms. The second kappa shape index (κ2) is 2.22. The van der Waals surface area contributed by atoms with E-state index in [0.717, 1.165) is 11.3 Å². The summed E-state index contributed by atoms with van der Waals surface area (Å²) in [5.41, 5.74) is 7.18. The zero-order chi connectivity index (χ0) is 7.84. The topological polar surface area (TPSA) is 58.8 Å². The summed E-state index contributed by atoms with van der Waals surface area (Å²) < 4.78 is 4.86. The van der Waals surface area contributed by atoms with Gasteiger partial charge in [0, 0.05) is 5.69 Å². The van der Waals surface area contributed by atoms with E-state index < -0.39 is 6.29 Å². The molecule has 1 aromatic carbocycles. The third kappa shape index (κ3) is 1.20. The quantitative estimate of drug-likeness (QED) is 0.458. The number of aliphatic hydroxyl groups excluding tert-OH is 1. The fourth-order valence-corrected chi connectivity index (χ4v) is 1.03. The molecule has 1 heterocycles. The smallest absolute Gasteiger partial charge is 0.186 e. The van der Waals surface area contributed by atoms with E-state index >= 15 is 0 Å². The minimum absolute atomic E-state index is 0.129. The summed E-state index contributed by atoms with van der Waals surface area (Å²) >= 11 is 0. The highest BCUT2D eigenvalue weighted by atomic mass is 16.7. The van der Waals surface area contributed by atoms with Crippen LogP contribution in [0.4, 0.5) is 5.69 Å². The summed E-state index contributed by atoms with van der Waals surface area (Å²) in [6.45, 7) is 0. The Labute approximate surface area is 64.4 Å². The molecule has 2 rings (SSSR count). The molecule has 1 saturated heterocycles. The number of ether oxygens (including phenoxy) is 1. The molecule has 58 valence electrons. The summed E-state index contributed by atoms with van der Waals surface area (Å²) in [5.74, 6) is 0. The highest BCUT2D eigenvalue weighted by Gasteiger charge is 2.38.